The van der Waals surface area contributed by atoms with E-state index in [0.29, 0.717) is 25.3 Å². The van der Waals surface area contributed by atoms with Gasteiger partial charge in [0.1, 0.15) is 41.1 Å². The second kappa shape index (κ2) is 11.8. The summed E-state index contributed by atoms with van der Waals surface area (Å²) >= 11 is 0. The molecule has 3 aromatic carbocycles. The van der Waals surface area contributed by atoms with Crippen LogP contribution in [0.4, 0.5) is 35.1 Å². The summed E-state index contributed by atoms with van der Waals surface area (Å²) in [7, 11) is 0. The van der Waals surface area contributed by atoms with E-state index in [1.54, 1.807) is 0 Å². The number of rotatable bonds is 8. The van der Waals surface area contributed by atoms with Crippen molar-refractivity contribution < 1.29 is 54.1 Å². The Kier molecular flexibility index (Phi) is 8.69. The molecule has 1 heterocycles. The van der Waals surface area contributed by atoms with Crippen LogP contribution in [-0.4, -0.2) is 13.2 Å². The van der Waals surface area contributed by atoms with Gasteiger partial charge in [-0.1, -0.05) is 18.2 Å². The number of halogens is 8. The van der Waals surface area contributed by atoms with Crippen LogP contribution in [0.1, 0.15) is 35.5 Å². The number of hydrogen-bond acceptors (Lipinski definition) is 4. The Morgan fingerprint density at radius 2 is 1.43 bits per heavy atom. The summed E-state index contributed by atoms with van der Waals surface area (Å²) in [6.45, 7) is 2.00. The van der Waals surface area contributed by atoms with Crippen LogP contribution in [0.3, 0.4) is 0 Å². The van der Waals surface area contributed by atoms with E-state index in [2.05, 4.69) is 4.74 Å². The number of allylic oxidation sites excluding steroid dienone is 1. The van der Waals surface area contributed by atoms with Crippen molar-refractivity contribution in [1.82, 2.24) is 0 Å². The van der Waals surface area contributed by atoms with Gasteiger partial charge < -0.3 is 18.9 Å². The minimum absolute atomic E-state index is 0.0377. The molecule has 0 bridgehead atoms. The molecule has 1 aliphatic heterocycles. The summed E-state index contributed by atoms with van der Waals surface area (Å²) in [5, 5.41) is 0. The Balaban J connectivity index is 1.37. The molecule has 40 heavy (non-hydrogen) atoms. The fourth-order valence-electron chi connectivity index (χ4n) is 3.96. The van der Waals surface area contributed by atoms with E-state index < -0.39 is 53.8 Å². The SMILES string of the molecule is C/C=C/C1COC(c2ccc(C(F)(F)Oc3ccc(OCc4cc(F)c(C(F)(F)F)c(F)c4)cc3)c(F)c2)OC1. The molecule has 4 rings (SSSR count). The van der Waals surface area contributed by atoms with Gasteiger partial charge in [-0.2, -0.15) is 22.0 Å². The van der Waals surface area contributed by atoms with Crippen molar-refractivity contribution in [2.45, 2.75) is 32.1 Å². The van der Waals surface area contributed by atoms with Crippen LogP contribution >= 0.6 is 0 Å². The molecule has 0 unspecified atom stereocenters. The van der Waals surface area contributed by atoms with Crippen LogP contribution < -0.4 is 9.47 Å². The molecule has 0 spiro atoms. The van der Waals surface area contributed by atoms with Crippen LogP contribution in [0.5, 0.6) is 11.5 Å². The van der Waals surface area contributed by atoms with E-state index in [9.17, 15) is 35.1 Å². The maximum atomic E-state index is 14.8. The van der Waals surface area contributed by atoms with Gasteiger partial charge in [-0.3, -0.25) is 0 Å². The summed E-state index contributed by atoms with van der Waals surface area (Å²) in [6.07, 6.45) is -6.42. The van der Waals surface area contributed by atoms with E-state index in [-0.39, 0.29) is 28.5 Å². The summed E-state index contributed by atoms with van der Waals surface area (Å²) in [4.78, 5) is 0. The fraction of sp³-hybridized carbons (Fsp3) is 0.286. The first kappa shape index (κ1) is 29.3. The Morgan fingerprint density at radius 1 is 0.825 bits per heavy atom. The lowest BCUT2D eigenvalue weighted by Gasteiger charge is -2.28. The molecule has 4 nitrogen and oxygen atoms in total. The molecule has 1 saturated heterocycles. The second-order valence-electron chi connectivity index (χ2n) is 8.83. The molecule has 12 heteroatoms. The zero-order chi connectivity index (χ0) is 29.1. The largest absolute Gasteiger partial charge is 0.489 e. The highest BCUT2D eigenvalue weighted by atomic mass is 19.4. The maximum absolute atomic E-state index is 14.8. The third-order valence-corrected chi connectivity index (χ3v) is 5.83. The monoisotopic (exact) mass is 574 g/mol. The van der Waals surface area contributed by atoms with Gasteiger partial charge in [-0.05, 0) is 61.0 Å². The Bertz CT molecular complexity index is 1320. The van der Waals surface area contributed by atoms with Gasteiger partial charge in [0.25, 0.3) is 0 Å². The van der Waals surface area contributed by atoms with Crippen molar-refractivity contribution in [3.05, 3.63) is 106 Å². The average molecular weight is 574 g/mol. The molecule has 0 amide bonds. The standard InChI is InChI=1S/C28H22F8O4/c1-2-3-16-13-38-26(39-14-16)18-4-9-21(22(29)12-18)28(35,36)40-20-7-5-19(6-8-20)37-15-17-10-23(30)25(24(31)11-17)27(32,33)34/h2-12,16,26H,13-15H2,1H3/b3-2+. The summed E-state index contributed by atoms with van der Waals surface area (Å²) < 4.78 is 131. The quantitative estimate of drug-likeness (QED) is 0.202. The molecule has 3 aromatic rings. The molecule has 0 aromatic heterocycles. The topological polar surface area (TPSA) is 36.9 Å². The van der Waals surface area contributed by atoms with Gasteiger partial charge in [-0.15, -0.1) is 0 Å². The Hall–Kier alpha value is -3.64. The molecule has 0 saturated carbocycles. The molecular formula is C28H22F8O4. The third-order valence-electron chi connectivity index (χ3n) is 5.83. The van der Waals surface area contributed by atoms with Crippen molar-refractivity contribution in [3.63, 3.8) is 0 Å². The normalized spacial score (nSPS) is 18.2. The van der Waals surface area contributed by atoms with Crippen molar-refractivity contribution in [2.24, 2.45) is 5.92 Å². The highest BCUT2D eigenvalue weighted by Gasteiger charge is 2.39. The maximum Gasteiger partial charge on any atom is 0.429 e. The lowest BCUT2D eigenvalue weighted by molar-refractivity contribution is -0.198. The van der Waals surface area contributed by atoms with Crippen LogP contribution in [0, 0.1) is 23.4 Å². The van der Waals surface area contributed by atoms with E-state index in [1.165, 1.54) is 18.2 Å². The first-order valence-corrected chi connectivity index (χ1v) is 11.9. The minimum atomic E-state index is -5.20. The van der Waals surface area contributed by atoms with Gasteiger partial charge in [-0.25, -0.2) is 13.2 Å². The number of benzene rings is 3. The van der Waals surface area contributed by atoms with Gasteiger partial charge in [0.2, 0.25) is 0 Å². The van der Waals surface area contributed by atoms with E-state index in [4.69, 9.17) is 14.2 Å². The molecule has 214 valence electrons. The van der Waals surface area contributed by atoms with Crippen LogP contribution in [0.25, 0.3) is 0 Å². The van der Waals surface area contributed by atoms with Gasteiger partial charge in [0, 0.05) is 11.5 Å². The zero-order valence-electron chi connectivity index (χ0n) is 20.8. The van der Waals surface area contributed by atoms with Gasteiger partial charge in [0.15, 0.2) is 6.29 Å². The summed E-state index contributed by atoms with van der Waals surface area (Å²) in [6, 6.07) is 8.49. The highest BCUT2D eigenvalue weighted by Crippen LogP contribution is 2.37. The van der Waals surface area contributed by atoms with Gasteiger partial charge in [0.05, 0.1) is 18.8 Å². The van der Waals surface area contributed by atoms with E-state index in [0.717, 1.165) is 24.3 Å². The smallest absolute Gasteiger partial charge is 0.429 e. The van der Waals surface area contributed by atoms with Crippen molar-refractivity contribution >= 4 is 0 Å². The van der Waals surface area contributed by atoms with E-state index in [1.807, 2.05) is 19.1 Å². The number of ether oxygens (including phenoxy) is 4. The second-order valence-corrected chi connectivity index (χ2v) is 8.83. The summed E-state index contributed by atoms with van der Waals surface area (Å²) in [5.41, 5.74) is -3.04. The Morgan fingerprint density at radius 3 is 1.98 bits per heavy atom. The summed E-state index contributed by atoms with van der Waals surface area (Å²) in [5.74, 6) is -5.11. The first-order valence-electron chi connectivity index (χ1n) is 11.9. The molecular weight excluding hydrogens is 552 g/mol. The fourth-order valence-corrected chi connectivity index (χ4v) is 3.96. The average Bonchev–Trinajstić information content (AvgIpc) is 2.87. The van der Waals surface area contributed by atoms with E-state index >= 15 is 0 Å². The lowest BCUT2D eigenvalue weighted by atomic mass is 10.1. The van der Waals surface area contributed by atoms with Crippen LogP contribution in [-0.2, 0) is 28.4 Å². The molecule has 1 aliphatic rings. The highest BCUT2D eigenvalue weighted by molar-refractivity contribution is 5.34. The molecule has 0 atom stereocenters. The predicted octanol–water partition coefficient (Wildman–Crippen LogP) is 8.07. The number of hydrogen-bond donors (Lipinski definition) is 0. The van der Waals surface area contributed by atoms with Crippen molar-refractivity contribution in [3.8, 4) is 11.5 Å². The van der Waals surface area contributed by atoms with Crippen LogP contribution in [0.2, 0.25) is 0 Å². The molecule has 1 fully saturated rings. The third kappa shape index (κ3) is 6.92. The first-order chi connectivity index (χ1) is 18.9. The zero-order valence-corrected chi connectivity index (χ0v) is 20.8. The van der Waals surface area contributed by atoms with Crippen molar-refractivity contribution in [1.29, 1.82) is 0 Å². The molecule has 0 N–H and O–H groups in total. The minimum Gasteiger partial charge on any atom is -0.489 e. The lowest BCUT2D eigenvalue weighted by Crippen LogP contribution is -2.27. The van der Waals surface area contributed by atoms with Crippen LogP contribution in [0.15, 0.2) is 66.7 Å². The van der Waals surface area contributed by atoms with Crippen molar-refractivity contribution in [2.75, 3.05) is 13.2 Å². The Labute approximate surface area is 223 Å². The molecule has 0 aliphatic carbocycles. The predicted molar refractivity (Wildman–Crippen MR) is 126 cm³/mol. The molecule has 0 radical (unpaired) electrons. The van der Waals surface area contributed by atoms with Gasteiger partial charge >= 0.3 is 12.3 Å². The number of alkyl halides is 5.